The van der Waals surface area contributed by atoms with Gasteiger partial charge in [-0.2, -0.15) is 0 Å². The highest BCUT2D eigenvalue weighted by Crippen LogP contribution is 2.46. The van der Waals surface area contributed by atoms with Crippen molar-refractivity contribution in [3.05, 3.63) is 60.7 Å². The maximum Gasteiger partial charge on any atom is 0.306 e. The zero-order valence-electron chi connectivity index (χ0n) is 17.4. The molecule has 154 valence electrons. The van der Waals surface area contributed by atoms with Gasteiger partial charge in [0.15, 0.2) is 0 Å². The number of hydrogen-bond donors (Lipinski definition) is 1. The molecule has 0 amide bonds. The summed E-state index contributed by atoms with van der Waals surface area (Å²) in [5, 5.41) is 12.5. The van der Waals surface area contributed by atoms with Crippen LogP contribution in [0, 0.1) is 11.8 Å². The summed E-state index contributed by atoms with van der Waals surface area (Å²) in [4.78, 5) is 11.8. The van der Waals surface area contributed by atoms with Crippen molar-refractivity contribution in [1.29, 1.82) is 0 Å². The Labute approximate surface area is 174 Å². The van der Waals surface area contributed by atoms with Gasteiger partial charge < -0.3 is 14.3 Å². The van der Waals surface area contributed by atoms with Crippen LogP contribution >= 0.6 is 0 Å². The monoisotopic (exact) mass is 410 g/mol. The number of ether oxygens (including phenoxy) is 1. The molecule has 0 aromatic heterocycles. The number of esters is 1. The van der Waals surface area contributed by atoms with Gasteiger partial charge in [-0.25, -0.2) is 0 Å². The van der Waals surface area contributed by atoms with Crippen molar-refractivity contribution in [2.45, 2.75) is 50.9 Å². The van der Waals surface area contributed by atoms with Gasteiger partial charge in [0, 0.05) is 24.9 Å². The minimum atomic E-state index is -2.69. The smallest absolute Gasteiger partial charge is 0.306 e. The lowest BCUT2D eigenvalue weighted by Crippen LogP contribution is -2.68. The van der Waals surface area contributed by atoms with E-state index in [1.807, 2.05) is 12.1 Å². The van der Waals surface area contributed by atoms with Crippen LogP contribution in [-0.4, -0.2) is 38.2 Å². The second kappa shape index (κ2) is 7.71. The Bertz CT molecular complexity index is 807. The molecular weight excluding hydrogens is 380 g/mol. The molecule has 4 atom stereocenters. The number of carbonyl (C=O) groups is 1. The highest BCUT2D eigenvalue weighted by atomic mass is 28.4. The van der Waals surface area contributed by atoms with Crippen LogP contribution in [0.5, 0.6) is 0 Å². The van der Waals surface area contributed by atoms with Gasteiger partial charge in [-0.05, 0) is 15.4 Å². The molecule has 2 aromatic rings. The average molecular weight is 411 g/mol. The summed E-state index contributed by atoms with van der Waals surface area (Å²) in [5.41, 5.74) is 0. The first kappa shape index (κ1) is 20.3. The van der Waals surface area contributed by atoms with Crippen LogP contribution in [0.3, 0.4) is 0 Å². The molecule has 2 aromatic carbocycles. The quantitative estimate of drug-likeness (QED) is 0.608. The fraction of sp³-hybridized carbons (Fsp3) is 0.458. The number of benzene rings is 2. The third-order valence-corrected chi connectivity index (χ3v) is 11.7. The Kier molecular flexibility index (Phi) is 5.40. The summed E-state index contributed by atoms with van der Waals surface area (Å²) in [6.07, 6.45) is 0.778. The Hall–Kier alpha value is -1.95. The van der Waals surface area contributed by atoms with Crippen LogP contribution in [0.2, 0.25) is 5.04 Å². The SMILES string of the molecule is CC(C)(C)[Si](O[C@@H]1C[C@@H]2OC(=O)CC2[C@H]1CO)(c1ccccc1)c1ccccc1. The van der Waals surface area contributed by atoms with E-state index in [0.717, 1.165) is 0 Å². The Morgan fingerprint density at radius 3 is 2.07 bits per heavy atom. The molecule has 1 heterocycles. The average Bonchev–Trinajstić information content (AvgIpc) is 3.21. The van der Waals surface area contributed by atoms with Gasteiger partial charge in [-0.3, -0.25) is 4.79 Å². The molecule has 1 aliphatic carbocycles. The molecule has 1 saturated heterocycles. The predicted octanol–water partition coefficient (Wildman–Crippen LogP) is 2.88. The molecule has 4 nitrogen and oxygen atoms in total. The molecule has 0 radical (unpaired) electrons. The first-order chi connectivity index (χ1) is 13.9. The molecule has 1 aliphatic heterocycles. The maximum absolute atomic E-state index is 11.8. The van der Waals surface area contributed by atoms with Crippen molar-refractivity contribution in [2.24, 2.45) is 11.8 Å². The summed E-state index contributed by atoms with van der Waals surface area (Å²) in [7, 11) is -2.69. The van der Waals surface area contributed by atoms with Gasteiger partial charge in [0.25, 0.3) is 8.32 Å². The van der Waals surface area contributed by atoms with Crippen molar-refractivity contribution in [1.82, 2.24) is 0 Å². The predicted molar refractivity (Wildman–Crippen MR) is 116 cm³/mol. The summed E-state index contributed by atoms with van der Waals surface area (Å²) >= 11 is 0. The highest BCUT2D eigenvalue weighted by Gasteiger charge is 2.56. The number of carbonyl (C=O) groups excluding carboxylic acids is 1. The first-order valence-electron chi connectivity index (χ1n) is 10.5. The van der Waals surface area contributed by atoms with E-state index < -0.39 is 8.32 Å². The Morgan fingerprint density at radius 2 is 1.59 bits per heavy atom. The van der Waals surface area contributed by atoms with E-state index in [-0.39, 0.29) is 41.7 Å². The van der Waals surface area contributed by atoms with E-state index in [4.69, 9.17) is 9.16 Å². The van der Waals surface area contributed by atoms with E-state index in [9.17, 15) is 9.90 Å². The maximum atomic E-state index is 11.8. The van der Waals surface area contributed by atoms with Crippen molar-refractivity contribution < 1.29 is 19.1 Å². The Balaban J connectivity index is 1.80. The van der Waals surface area contributed by atoms with Gasteiger partial charge in [0.05, 0.1) is 12.5 Å². The highest BCUT2D eigenvalue weighted by molar-refractivity contribution is 6.99. The van der Waals surface area contributed by atoms with Crippen LogP contribution in [0.1, 0.15) is 33.6 Å². The third-order valence-electron chi connectivity index (χ3n) is 6.61. The van der Waals surface area contributed by atoms with Gasteiger partial charge in [0.1, 0.15) is 6.10 Å². The van der Waals surface area contributed by atoms with Crippen LogP contribution in [0.15, 0.2) is 60.7 Å². The number of fused-ring (bicyclic) bond motifs is 1. The second-order valence-electron chi connectivity index (χ2n) is 9.30. The molecule has 0 spiro atoms. The van der Waals surface area contributed by atoms with Crippen LogP contribution in [0.4, 0.5) is 0 Å². The molecule has 2 fully saturated rings. The topological polar surface area (TPSA) is 55.8 Å². The fourth-order valence-corrected chi connectivity index (χ4v) is 10.0. The number of hydrogen-bond acceptors (Lipinski definition) is 4. The van der Waals surface area contributed by atoms with E-state index in [1.54, 1.807) is 0 Å². The zero-order chi connectivity index (χ0) is 20.6. The van der Waals surface area contributed by atoms with Gasteiger partial charge in [-0.1, -0.05) is 81.4 Å². The lowest BCUT2D eigenvalue weighted by molar-refractivity contribution is -0.141. The summed E-state index contributed by atoms with van der Waals surface area (Å²) in [5.74, 6) is -0.175. The summed E-state index contributed by atoms with van der Waals surface area (Å²) in [6.45, 7) is 6.77. The number of aliphatic hydroxyl groups excluding tert-OH is 1. The second-order valence-corrected chi connectivity index (χ2v) is 13.6. The molecule has 1 N–H and O–H groups in total. The standard InChI is InChI=1S/C24H30O4Si/c1-24(2,3)29(17-10-6-4-7-11-17,18-12-8-5-9-13-18)28-22-15-21-19(20(22)16-25)14-23(26)27-21/h4-13,19-22,25H,14-16H2,1-3H3/t19?,20-,21+,22-/m1/s1. The van der Waals surface area contributed by atoms with Crippen molar-refractivity contribution >= 4 is 24.7 Å². The minimum absolute atomic E-state index is 0.0146. The number of aliphatic hydroxyl groups is 1. The third kappa shape index (κ3) is 3.45. The summed E-state index contributed by atoms with van der Waals surface area (Å²) < 4.78 is 12.7. The van der Waals surface area contributed by atoms with E-state index in [2.05, 4.69) is 69.3 Å². The lowest BCUT2D eigenvalue weighted by atomic mass is 9.93. The van der Waals surface area contributed by atoms with E-state index >= 15 is 0 Å². The molecule has 0 bridgehead atoms. The molecule has 1 saturated carbocycles. The first-order valence-corrected chi connectivity index (χ1v) is 12.4. The minimum Gasteiger partial charge on any atom is -0.462 e. The normalized spacial score (nSPS) is 27.0. The molecule has 29 heavy (non-hydrogen) atoms. The van der Waals surface area contributed by atoms with Gasteiger partial charge >= 0.3 is 5.97 Å². The van der Waals surface area contributed by atoms with Crippen LogP contribution in [0.25, 0.3) is 0 Å². The molecule has 2 aliphatic rings. The zero-order valence-corrected chi connectivity index (χ0v) is 18.4. The molecular formula is C24H30O4Si. The largest absolute Gasteiger partial charge is 0.462 e. The molecule has 4 rings (SSSR count). The van der Waals surface area contributed by atoms with Crippen molar-refractivity contribution in [3.63, 3.8) is 0 Å². The summed E-state index contributed by atoms with van der Waals surface area (Å²) in [6, 6.07) is 21.1. The van der Waals surface area contributed by atoms with Crippen LogP contribution < -0.4 is 10.4 Å². The van der Waals surface area contributed by atoms with E-state index in [1.165, 1.54) is 10.4 Å². The number of rotatable bonds is 5. The molecule has 5 heteroatoms. The molecule has 1 unspecified atom stereocenters. The van der Waals surface area contributed by atoms with Gasteiger partial charge in [-0.15, -0.1) is 0 Å². The van der Waals surface area contributed by atoms with Crippen LogP contribution in [-0.2, 0) is 14.0 Å². The van der Waals surface area contributed by atoms with E-state index in [0.29, 0.717) is 12.8 Å². The van der Waals surface area contributed by atoms with Gasteiger partial charge in [0.2, 0.25) is 0 Å². The Morgan fingerprint density at radius 1 is 1.03 bits per heavy atom. The fourth-order valence-electron chi connectivity index (χ4n) is 5.26. The lowest BCUT2D eigenvalue weighted by Gasteiger charge is -2.45. The van der Waals surface area contributed by atoms with Crippen molar-refractivity contribution in [2.75, 3.05) is 6.61 Å². The van der Waals surface area contributed by atoms with Crippen molar-refractivity contribution in [3.8, 4) is 0 Å².